The molecule has 0 aliphatic heterocycles. The summed E-state index contributed by atoms with van der Waals surface area (Å²) in [5.41, 5.74) is 2.49. The third kappa shape index (κ3) is 5.98. The minimum absolute atomic E-state index is 0.00611. The number of nitrogens with zero attached hydrogens (tertiary/aromatic N) is 3. The third-order valence-electron chi connectivity index (χ3n) is 6.21. The van der Waals surface area contributed by atoms with E-state index < -0.39 is 15.9 Å². The molecule has 39 heavy (non-hydrogen) atoms. The zero-order valence-corrected chi connectivity index (χ0v) is 24.6. The van der Waals surface area contributed by atoms with Gasteiger partial charge in [-0.05, 0) is 69.9 Å². The number of thioether (sulfide) groups is 1. The van der Waals surface area contributed by atoms with E-state index in [1.54, 1.807) is 6.92 Å². The average molecular weight is 649 g/mol. The van der Waals surface area contributed by atoms with E-state index in [1.807, 2.05) is 21.4 Å². The number of nitrogens with one attached hydrogen (secondary N) is 2. The molecule has 1 saturated carbocycles. The molecule has 13 heteroatoms. The number of carbonyl (C=O) groups excluding carboxylic acids is 2. The molecule has 9 nitrogen and oxygen atoms in total. The van der Waals surface area contributed by atoms with E-state index in [4.69, 9.17) is 11.6 Å². The minimum atomic E-state index is -4.06. The Morgan fingerprint density at radius 2 is 1.82 bits per heavy atom. The molecular formula is C26H23BrClN5O4S2. The van der Waals surface area contributed by atoms with Crippen LogP contribution in [-0.4, -0.2) is 40.7 Å². The lowest BCUT2D eigenvalue weighted by Crippen LogP contribution is -2.29. The van der Waals surface area contributed by atoms with Crippen LogP contribution in [0.5, 0.6) is 0 Å². The van der Waals surface area contributed by atoms with Crippen LogP contribution in [0.2, 0.25) is 5.02 Å². The van der Waals surface area contributed by atoms with Gasteiger partial charge >= 0.3 is 0 Å². The molecule has 2 amide bonds. The Labute approximate surface area is 242 Å². The molecular weight excluding hydrogens is 626 g/mol. The van der Waals surface area contributed by atoms with E-state index >= 15 is 0 Å². The van der Waals surface area contributed by atoms with Crippen molar-refractivity contribution in [2.24, 2.45) is 0 Å². The van der Waals surface area contributed by atoms with Crippen LogP contribution in [0.3, 0.4) is 0 Å². The van der Waals surface area contributed by atoms with E-state index in [9.17, 15) is 18.0 Å². The fourth-order valence-corrected chi connectivity index (χ4v) is 6.84. The number of rotatable bonds is 9. The van der Waals surface area contributed by atoms with Crippen molar-refractivity contribution in [3.63, 3.8) is 0 Å². The molecule has 1 fully saturated rings. The molecule has 0 radical (unpaired) electrons. The van der Waals surface area contributed by atoms with Crippen molar-refractivity contribution in [3.8, 4) is 5.69 Å². The van der Waals surface area contributed by atoms with Gasteiger partial charge in [0.1, 0.15) is 0 Å². The fraction of sp³-hybridized carbons (Fsp3) is 0.231. The SMILES string of the molecule is CCC(=O)NS(=O)(=O)c1ccc(NC(=O)CSc2nnc(Br)n2-c2ccc(C3CC3)c3ccccc23)c(Cl)c1. The van der Waals surface area contributed by atoms with Gasteiger partial charge in [0, 0.05) is 11.8 Å². The van der Waals surface area contributed by atoms with Crippen LogP contribution in [0.4, 0.5) is 5.69 Å². The second kappa shape index (κ2) is 11.3. The largest absolute Gasteiger partial charge is 0.324 e. The van der Waals surface area contributed by atoms with Crippen LogP contribution in [0.1, 0.15) is 37.7 Å². The van der Waals surface area contributed by atoms with E-state index in [0.717, 1.165) is 11.1 Å². The second-order valence-electron chi connectivity index (χ2n) is 8.94. The second-order valence-corrected chi connectivity index (χ2v) is 12.7. The van der Waals surface area contributed by atoms with Gasteiger partial charge in [-0.3, -0.25) is 14.2 Å². The fourth-order valence-electron chi connectivity index (χ4n) is 4.16. The summed E-state index contributed by atoms with van der Waals surface area (Å²) in [5.74, 6) is -0.392. The van der Waals surface area contributed by atoms with Crippen molar-refractivity contribution in [2.45, 2.75) is 42.2 Å². The molecule has 202 valence electrons. The molecule has 1 heterocycles. The molecule has 0 unspecified atom stereocenters. The maximum absolute atomic E-state index is 12.8. The standard InChI is InChI=1S/C26H23BrClN5O4S2/c1-2-23(34)32-39(36,37)16-9-11-21(20(28)13-16)29-24(35)14-38-26-31-30-25(27)33(26)22-12-10-17(15-7-8-15)18-5-3-4-6-19(18)22/h3-6,9-13,15H,2,7-8,14H2,1H3,(H,29,35)(H,32,34). The van der Waals surface area contributed by atoms with Crippen LogP contribution in [0.15, 0.2) is 69.4 Å². The summed E-state index contributed by atoms with van der Waals surface area (Å²) in [7, 11) is -4.06. The van der Waals surface area contributed by atoms with Crippen LogP contribution in [-0.2, 0) is 19.6 Å². The molecule has 0 bridgehead atoms. The van der Waals surface area contributed by atoms with Gasteiger partial charge in [0.15, 0.2) is 5.16 Å². The van der Waals surface area contributed by atoms with Crippen LogP contribution >= 0.6 is 39.3 Å². The Balaban J connectivity index is 1.32. The zero-order valence-electron chi connectivity index (χ0n) is 20.6. The molecule has 4 aromatic rings. The van der Waals surface area contributed by atoms with Gasteiger partial charge in [0.25, 0.3) is 10.0 Å². The first-order valence-corrected chi connectivity index (χ1v) is 15.7. The average Bonchev–Trinajstić information content (AvgIpc) is 3.70. The Morgan fingerprint density at radius 3 is 2.51 bits per heavy atom. The number of hydrogen-bond acceptors (Lipinski definition) is 7. The van der Waals surface area contributed by atoms with E-state index in [2.05, 4.69) is 55.7 Å². The number of sulfonamides is 1. The first-order chi connectivity index (χ1) is 18.7. The minimum Gasteiger partial charge on any atom is -0.324 e. The summed E-state index contributed by atoms with van der Waals surface area (Å²) in [5, 5.41) is 13.9. The summed E-state index contributed by atoms with van der Waals surface area (Å²) in [6.45, 7) is 1.54. The van der Waals surface area contributed by atoms with Crippen molar-refractivity contribution in [1.29, 1.82) is 0 Å². The highest BCUT2D eigenvalue weighted by atomic mass is 79.9. The van der Waals surface area contributed by atoms with Crippen LogP contribution in [0.25, 0.3) is 16.5 Å². The predicted molar refractivity (Wildman–Crippen MR) is 155 cm³/mol. The summed E-state index contributed by atoms with van der Waals surface area (Å²) in [6, 6.07) is 16.3. The van der Waals surface area contributed by atoms with Crippen molar-refractivity contribution in [1.82, 2.24) is 19.5 Å². The van der Waals surface area contributed by atoms with Crippen LogP contribution in [0, 0.1) is 0 Å². The first-order valence-electron chi connectivity index (χ1n) is 12.1. The topological polar surface area (TPSA) is 123 Å². The molecule has 1 aliphatic carbocycles. The highest BCUT2D eigenvalue weighted by Crippen LogP contribution is 2.44. The normalized spacial score (nSPS) is 13.4. The predicted octanol–water partition coefficient (Wildman–Crippen LogP) is 5.66. The van der Waals surface area contributed by atoms with E-state index in [-0.39, 0.29) is 33.7 Å². The van der Waals surface area contributed by atoms with Gasteiger partial charge < -0.3 is 5.32 Å². The maximum atomic E-state index is 12.8. The Hall–Kier alpha value is -2.93. The number of benzene rings is 3. The van der Waals surface area contributed by atoms with Gasteiger partial charge in [-0.1, -0.05) is 60.6 Å². The lowest BCUT2D eigenvalue weighted by Gasteiger charge is -2.14. The number of fused-ring (bicyclic) bond motifs is 1. The number of amides is 2. The quantitative estimate of drug-likeness (QED) is 0.225. The van der Waals surface area contributed by atoms with Gasteiger partial charge in [-0.15, -0.1) is 10.2 Å². The Bertz CT molecular complexity index is 1710. The van der Waals surface area contributed by atoms with Gasteiger partial charge in [0.2, 0.25) is 16.5 Å². The molecule has 1 aliphatic rings. The summed E-state index contributed by atoms with van der Waals surface area (Å²) in [6.07, 6.45) is 2.42. The molecule has 5 rings (SSSR count). The summed E-state index contributed by atoms with van der Waals surface area (Å²) in [4.78, 5) is 24.1. The smallest absolute Gasteiger partial charge is 0.264 e. The lowest BCUT2D eigenvalue weighted by atomic mass is 9.99. The Kier molecular flexibility index (Phi) is 7.99. The number of anilines is 1. The van der Waals surface area contributed by atoms with Gasteiger partial charge in [0.05, 0.1) is 27.0 Å². The van der Waals surface area contributed by atoms with Crippen molar-refractivity contribution < 1.29 is 18.0 Å². The number of halogens is 2. The highest BCUT2D eigenvalue weighted by molar-refractivity contribution is 9.10. The summed E-state index contributed by atoms with van der Waals surface area (Å²) < 4.78 is 29.0. The zero-order chi connectivity index (χ0) is 27.7. The highest BCUT2D eigenvalue weighted by Gasteiger charge is 2.26. The molecule has 0 saturated heterocycles. The molecule has 0 spiro atoms. The van der Waals surface area contributed by atoms with Crippen LogP contribution < -0.4 is 10.0 Å². The van der Waals surface area contributed by atoms with Gasteiger partial charge in [-0.25, -0.2) is 13.1 Å². The Morgan fingerprint density at radius 1 is 1.08 bits per heavy atom. The summed E-state index contributed by atoms with van der Waals surface area (Å²) >= 11 is 10.9. The molecule has 0 atom stereocenters. The molecule has 1 aromatic heterocycles. The van der Waals surface area contributed by atoms with Gasteiger partial charge in [-0.2, -0.15) is 0 Å². The first kappa shape index (κ1) is 27.6. The van der Waals surface area contributed by atoms with E-state index in [1.165, 1.54) is 53.8 Å². The third-order valence-corrected chi connectivity index (χ3v) is 9.34. The molecule has 2 N–H and O–H groups in total. The maximum Gasteiger partial charge on any atom is 0.264 e. The van der Waals surface area contributed by atoms with Crippen molar-refractivity contribution in [3.05, 3.63) is 69.9 Å². The number of hydrogen-bond donors (Lipinski definition) is 2. The van der Waals surface area contributed by atoms with Crippen molar-refractivity contribution in [2.75, 3.05) is 11.1 Å². The van der Waals surface area contributed by atoms with E-state index in [0.29, 0.717) is 15.8 Å². The lowest BCUT2D eigenvalue weighted by molar-refractivity contribution is -0.119. The monoisotopic (exact) mass is 647 g/mol. The number of aromatic nitrogens is 3. The van der Waals surface area contributed by atoms with Crippen molar-refractivity contribution >= 4 is 77.6 Å². The molecule has 3 aromatic carbocycles. The number of carbonyl (C=O) groups is 2.